The van der Waals surface area contributed by atoms with Crippen LogP contribution in [-0.4, -0.2) is 9.97 Å². The van der Waals surface area contributed by atoms with Gasteiger partial charge in [0, 0.05) is 5.39 Å². The first-order valence-corrected chi connectivity index (χ1v) is 3.25. The lowest BCUT2D eigenvalue weighted by Crippen LogP contribution is -1.85. The summed E-state index contributed by atoms with van der Waals surface area (Å²) < 4.78 is 0. The molecule has 5 N–H and O–H groups in total. The molecule has 11 heavy (non-hydrogen) atoms. The molecule has 2 aromatic heterocycles. The average Bonchev–Trinajstić information content (AvgIpc) is 2.27. The average molecular weight is 148 g/mol. The van der Waals surface area contributed by atoms with E-state index in [4.69, 9.17) is 11.5 Å². The number of H-pyrrole nitrogens is 1. The molecule has 0 unspecified atom stereocenters. The van der Waals surface area contributed by atoms with Gasteiger partial charge in [-0.2, -0.15) is 0 Å². The highest BCUT2D eigenvalue weighted by Crippen LogP contribution is 2.16. The zero-order chi connectivity index (χ0) is 7.84. The number of anilines is 2. The van der Waals surface area contributed by atoms with E-state index in [1.807, 2.05) is 6.07 Å². The summed E-state index contributed by atoms with van der Waals surface area (Å²) in [4.78, 5) is 6.94. The van der Waals surface area contributed by atoms with Gasteiger partial charge in [0.05, 0.1) is 11.9 Å². The van der Waals surface area contributed by atoms with Crippen LogP contribution in [0.5, 0.6) is 0 Å². The van der Waals surface area contributed by atoms with Gasteiger partial charge in [0.1, 0.15) is 11.5 Å². The molecule has 0 spiro atoms. The predicted octanol–water partition coefficient (Wildman–Crippen LogP) is 0.727. The third kappa shape index (κ3) is 0.881. The van der Waals surface area contributed by atoms with E-state index >= 15 is 0 Å². The first-order chi connectivity index (χ1) is 5.25. The van der Waals surface area contributed by atoms with E-state index in [0.29, 0.717) is 11.5 Å². The maximum absolute atomic E-state index is 5.52. The van der Waals surface area contributed by atoms with Crippen LogP contribution >= 0.6 is 0 Å². The highest BCUT2D eigenvalue weighted by atomic mass is 14.9. The number of hydrogen-bond acceptors (Lipinski definition) is 3. The van der Waals surface area contributed by atoms with E-state index in [2.05, 4.69) is 9.97 Å². The van der Waals surface area contributed by atoms with Gasteiger partial charge in [-0.1, -0.05) is 0 Å². The first kappa shape index (κ1) is 6.03. The minimum atomic E-state index is 0.609. The van der Waals surface area contributed by atoms with E-state index in [1.165, 1.54) is 0 Å². The molecule has 0 fully saturated rings. The molecule has 56 valence electrons. The Morgan fingerprint density at radius 1 is 1.27 bits per heavy atom. The topological polar surface area (TPSA) is 80.7 Å². The van der Waals surface area contributed by atoms with E-state index < -0.39 is 0 Å². The summed E-state index contributed by atoms with van der Waals surface area (Å²) in [6.07, 6.45) is 1.60. The van der Waals surface area contributed by atoms with Crippen LogP contribution in [0.4, 0.5) is 11.5 Å². The molecule has 2 heterocycles. The predicted molar refractivity (Wildman–Crippen MR) is 44.9 cm³/mol. The Balaban J connectivity index is 2.82. The summed E-state index contributed by atoms with van der Waals surface area (Å²) in [5.74, 6) is 0.609. The second kappa shape index (κ2) is 1.88. The largest absolute Gasteiger partial charge is 0.397 e. The maximum Gasteiger partial charge on any atom is 0.138 e. The van der Waals surface area contributed by atoms with Gasteiger partial charge in [0.15, 0.2) is 0 Å². The molecule has 0 amide bonds. The molecule has 0 aromatic carbocycles. The third-order valence-electron chi connectivity index (χ3n) is 1.51. The molecule has 0 atom stereocenters. The van der Waals surface area contributed by atoms with Gasteiger partial charge in [-0.25, -0.2) is 4.98 Å². The number of nitrogens with two attached hydrogens (primary N) is 2. The highest BCUT2D eigenvalue weighted by molar-refractivity contribution is 5.82. The second-order valence-electron chi connectivity index (χ2n) is 2.43. The van der Waals surface area contributed by atoms with Gasteiger partial charge >= 0.3 is 0 Å². The molecule has 2 rings (SSSR count). The Bertz CT molecular complexity index is 390. The summed E-state index contributed by atoms with van der Waals surface area (Å²) in [5.41, 5.74) is 12.4. The number of aromatic nitrogens is 2. The molecule has 0 aliphatic carbocycles. The van der Waals surface area contributed by atoms with Crippen LogP contribution in [-0.2, 0) is 0 Å². The SMILES string of the molecule is Nc1cnc2[nH]c(N)cc2c1. The van der Waals surface area contributed by atoms with Gasteiger partial charge in [0.25, 0.3) is 0 Å². The minimum absolute atomic E-state index is 0.609. The van der Waals surface area contributed by atoms with E-state index in [1.54, 1.807) is 12.3 Å². The lowest BCUT2D eigenvalue weighted by atomic mass is 10.3. The van der Waals surface area contributed by atoms with Crippen LogP contribution in [0.2, 0.25) is 0 Å². The zero-order valence-electron chi connectivity index (χ0n) is 5.83. The van der Waals surface area contributed by atoms with Gasteiger partial charge < -0.3 is 16.5 Å². The van der Waals surface area contributed by atoms with Crippen molar-refractivity contribution in [1.29, 1.82) is 0 Å². The normalized spacial score (nSPS) is 10.5. The number of aromatic amines is 1. The molecule has 0 saturated carbocycles. The Labute approximate surface area is 63.2 Å². The van der Waals surface area contributed by atoms with Crippen molar-refractivity contribution in [3.05, 3.63) is 18.3 Å². The Kier molecular flexibility index (Phi) is 1.03. The van der Waals surface area contributed by atoms with E-state index in [0.717, 1.165) is 11.0 Å². The fourth-order valence-electron chi connectivity index (χ4n) is 1.05. The number of fused-ring (bicyclic) bond motifs is 1. The molecule has 0 aliphatic rings. The van der Waals surface area contributed by atoms with Crippen molar-refractivity contribution in [1.82, 2.24) is 9.97 Å². The van der Waals surface area contributed by atoms with Crippen molar-refractivity contribution in [3.8, 4) is 0 Å². The molecule has 2 aromatic rings. The van der Waals surface area contributed by atoms with Crippen molar-refractivity contribution in [2.24, 2.45) is 0 Å². The number of nitrogen functional groups attached to an aromatic ring is 2. The van der Waals surface area contributed by atoms with Crippen molar-refractivity contribution >= 4 is 22.5 Å². The van der Waals surface area contributed by atoms with Gasteiger partial charge in [-0.3, -0.25) is 0 Å². The number of hydrogen-bond donors (Lipinski definition) is 3. The van der Waals surface area contributed by atoms with Gasteiger partial charge in [0.2, 0.25) is 0 Å². The fraction of sp³-hybridized carbons (Fsp3) is 0. The molecule has 0 aliphatic heterocycles. The highest BCUT2D eigenvalue weighted by Gasteiger charge is 1.97. The van der Waals surface area contributed by atoms with Crippen molar-refractivity contribution in [2.75, 3.05) is 11.5 Å². The van der Waals surface area contributed by atoms with Crippen LogP contribution in [0.15, 0.2) is 18.3 Å². The Morgan fingerprint density at radius 3 is 2.91 bits per heavy atom. The molecular weight excluding hydrogens is 140 g/mol. The molecule has 0 bridgehead atoms. The molecule has 0 saturated heterocycles. The number of nitrogens with one attached hydrogen (secondary N) is 1. The van der Waals surface area contributed by atoms with Gasteiger partial charge in [-0.05, 0) is 12.1 Å². The maximum atomic E-state index is 5.52. The van der Waals surface area contributed by atoms with E-state index in [9.17, 15) is 0 Å². The van der Waals surface area contributed by atoms with Crippen LogP contribution < -0.4 is 11.5 Å². The Hall–Kier alpha value is -1.71. The first-order valence-electron chi connectivity index (χ1n) is 3.25. The lowest BCUT2D eigenvalue weighted by molar-refractivity contribution is 1.33. The van der Waals surface area contributed by atoms with Crippen LogP contribution in [0.1, 0.15) is 0 Å². The summed E-state index contributed by atoms with van der Waals surface area (Å²) in [5, 5.41) is 0.947. The van der Waals surface area contributed by atoms with Crippen molar-refractivity contribution in [2.45, 2.75) is 0 Å². The van der Waals surface area contributed by atoms with Crippen LogP contribution in [0.25, 0.3) is 11.0 Å². The number of nitrogens with zero attached hydrogens (tertiary/aromatic N) is 1. The van der Waals surface area contributed by atoms with Crippen molar-refractivity contribution in [3.63, 3.8) is 0 Å². The summed E-state index contributed by atoms with van der Waals surface area (Å²) in [6, 6.07) is 3.63. The summed E-state index contributed by atoms with van der Waals surface area (Å²) in [7, 11) is 0. The Morgan fingerprint density at radius 2 is 2.09 bits per heavy atom. The molecule has 0 radical (unpaired) electrons. The fourth-order valence-corrected chi connectivity index (χ4v) is 1.05. The van der Waals surface area contributed by atoms with Gasteiger partial charge in [-0.15, -0.1) is 0 Å². The quantitative estimate of drug-likeness (QED) is 0.515. The molecule has 4 nitrogen and oxygen atoms in total. The summed E-state index contributed by atoms with van der Waals surface area (Å²) >= 11 is 0. The van der Waals surface area contributed by atoms with Crippen LogP contribution in [0, 0.1) is 0 Å². The summed E-state index contributed by atoms with van der Waals surface area (Å²) in [6.45, 7) is 0. The third-order valence-corrected chi connectivity index (χ3v) is 1.51. The molecular formula is C7H8N4. The standard InChI is InChI=1S/C7H8N4/c8-5-1-4-2-6(9)11-7(4)10-3-5/h1-3H,8-9H2,(H,10,11). The van der Waals surface area contributed by atoms with E-state index in [-0.39, 0.29) is 0 Å². The van der Waals surface area contributed by atoms with Crippen molar-refractivity contribution < 1.29 is 0 Å². The lowest BCUT2D eigenvalue weighted by Gasteiger charge is -1.89. The number of rotatable bonds is 0. The zero-order valence-corrected chi connectivity index (χ0v) is 5.83. The van der Waals surface area contributed by atoms with Crippen LogP contribution in [0.3, 0.4) is 0 Å². The number of pyridine rings is 1. The smallest absolute Gasteiger partial charge is 0.138 e. The molecule has 4 heteroatoms. The second-order valence-corrected chi connectivity index (χ2v) is 2.43. The minimum Gasteiger partial charge on any atom is -0.397 e. The monoisotopic (exact) mass is 148 g/mol.